The van der Waals surface area contributed by atoms with Crippen molar-refractivity contribution in [2.75, 3.05) is 4.72 Å². The van der Waals surface area contributed by atoms with Crippen LogP contribution < -0.4 is 15.6 Å². The zero-order chi connectivity index (χ0) is 25.0. The second kappa shape index (κ2) is 9.82. The first-order chi connectivity index (χ1) is 16.8. The average molecular weight is 490 g/mol. The number of hydrogen-bond acceptors (Lipinski definition) is 5. The Balaban J connectivity index is 1.41. The molecular weight excluding hydrogens is 466 g/mol. The maximum absolute atomic E-state index is 12.7. The number of nitrogens with one attached hydrogen (secondary N) is 3. The Labute approximate surface area is 202 Å². The van der Waals surface area contributed by atoms with Crippen LogP contribution in [0.3, 0.4) is 0 Å². The molecular formula is C25H23N5O4S. The number of hydrogen-bond donors (Lipinski definition) is 3. The summed E-state index contributed by atoms with van der Waals surface area (Å²) in [5, 5.41) is 0. The molecule has 0 saturated heterocycles. The normalized spacial score (nSPS) is 11.0. The molecule has 0 aliphatic carbocycles. The Bertz CT molecular complexity index is 1470. The fourth-order valence-electron chi connectivity index (χ4n) is 3.64. The average Bonchev–Trinajstić information content (AvgIpc) is 3.17. The van der Waals surface area contributed by atoms with E-state index in [9.17, 15) is 18.0 Å². The summed E-state index contributed by atoms with van der Waals surface area (Å²) in [4.78, 5) is 29.1. The van der Waals surface area contributed by atoms with E-state index in [1.54, 1.807) is 6.07 Å². The van der Waals surface area contributed by atoms with E-state index in [0.29, 0.717) is 11.3 Å². The van der Waals surface area contributed by atoms with Gasteiger partial charge < -0.3 is 4.57 Å². The largest absolute Gasteiger partial charge is 0.318 e. The zero-order valence-corrected chi connectivity index (χ0v) is 19.8. The van der Waals surface area contributed by atoms with Crippen molar-refractivity contribution in [2.24, 2.45) is 0 Å². The molecule has 3 N–H and O–H groups in total. The molecule has 10 heteroatoms. The number of rotatable bonds is 6. The SMILES string of the molecule is Cc1cc(C(=O)NNC(=O)c2ccc(S(=O)(=O)Nc3ccncc3)cc2)c(C)n1-c1ccccc1. The molecule has 0 atom stereocenters. The number of carbonyl (C=O) groups is 2. The number of pyridine rings is 1. The van der Waals surface area contributed by atoms with Crippen molar-refractivity contribution in [1.29, 1.82) is 0 Å². The molecule has 2 aromatic heterocycles. The number of aromatic nitrogens is 2. The van der Waals surface area contributed by atoms with Gasteiger partial charge in [-0.05, 0) is 68.4 Å². The maximum Gasteiger partial charge on any atom is 0.271 e. The summed E-state index contributed by atoms with van der Waals surface area (Å²) < 4.78 is 29.4. The lowest BCUT2D eigenvalue weighted by atomic mass is 10.2. The van der Waals surface area contributed by atoms with Crippen LogP contribution in [0.15, 0.2) is 90.1 Å². The fraction of sp³-hybridized carbons (Fsp3) is 0.0800. The smallest absolute Gasteiger partial charge is 0.271 e. The lowest BCUT2D eigenvalue weighted by molar-refractivity contribution is 0.0846. The minimum absolute atomic E-state index is 0.0109. The molecule has 0 unspecified atom stereocenters. The Kier molecular flexibility index (Phi) is 6.65. The van der Waals surface area contributed by atoms with E-state index in [4.69, 9.17) is 0 Å². The molecule has 178 valence electrons. The van der Waals surface area contributed by atoms with E-state index in [0.717, 1.165) is 17.1 Å². The molecule has 2 aromatic carbocycles. The summed E-state index contributed by atoms with van der Waals surface area (Å²) >= 11 is 0. The van der Waals surface area contributed by atoms with Gasteiger partial charge in [-0.15, -0.1) is 0 Å². The van der Waals surface area contributed by atoms with Gasteiger partial charge >= 0.3 is 0 Å². The number of anilines is 1. The van der Waals surface area contributed by atoms with Gasteiger partial charge in [-0.3, -0.25) is 30.1 Å². The van der Waals surface area contributed by atoms with Crippen LogP contribution in [0.4, 0.5) is 5.69 Å². The van der Waals surface area contributed by atoms with Crippen LogP contribution in [0.5, 0.6) is 0 Å². The highest BCUT2D eigenvalue weighted by atomic mass is 32.2. The number of hydrazine groups is 1. The number of para-hydroxylation sites is 1. The first-order valence-electron chi connectivity index (χ1n) is 10.6. The van der Waals surface area contributed by atoms with E-state index in [1.165, 1.54) is 48.8 Å². The van der Waals surface area contributed by atoms with Crippen LogP contribution in [0.2, 0.25) is 0 Å². The van der Waals surface area contributed by atoms with Gasteiger partial charge in [0.1, 0.15) is 0 Å². The van der Waals surface area contributed by atoms with Crippen LogP contribution in [-0.4, -0.2) is 29.8 Å². The molecule has 0 fully saturated rings. The summed E-state index contributed by atoms with van der Waals surface area (Å²) in [6.45, 7) is 3.73. The molecule has 4 aromatic rings. The first-order valence-corrected chi connectivity index (χ1v) is 12.1. The van der Waals surface area contributed by atoms with E-state index >= 15 is 0 Å². The first kappa shape index (κ1) is 23.7. The predicted octanol–water partition coefficient (Wildman–Crippen LogP) is 3.36. The van der Waals surface area contributed by atoms with E-state index in [1.807, 2.05) is 48.7 Å². The van der Waals surface area contributed by atoms with Crippen molar-refractivity contribution < 1.29 is 18.0 Å². The number of aryl methyl sites for hydroxylation is 1. The number of nitrogens with zero attached hydrogens (tertiary/aromatic N) is 2. The Hall–Kier alpha value is -4.44. The summed E-state index contributed by atoms with van der Waals surface area (Å²) in [5.41, 5.74) is 8.31. The molecule has 9 nitrogen and oxygen atoms in total. The van der Waals surface area contributed by atoms with Gasteiger partial charge in [-0.2, -0.15) is 0 Å². The second-order valence-corrected chi connectivity index (χ2v) is 9.41. The minimum Gasteiger partial charge on any atom is -0.318 e. The van der Waals surface area contributed by atoms with Gasteiger partial charge in [-0.25, -0.2) is 8.42 Å². The van der Waals surface area contributed by atoms with Crippen LogP contribution >= 0.6 is 0 Å². The third kappa shape index (κ3) is 5.22. The topological polar surface area (TPSA) is 122 Å². The van der Waals surface area contributed by atoms with Gasteiger partial charge in [0.25, 0.3) is 21.8 Å². The third-order valence-corrected chi connectivity index (χ3v) is 6.74. The van der Waals surface area contributed by atoms with Gasteiger partial charge in [0.2, 0.25) is 0 Å². The minimum atomic E-state index is -3.83. The highest BCUT2D eigenvalue weighted by molar-refractivity contribution is 7.92. The van der Waals surface area contributed by atoms with Crippen molar-refractivity contribution in [1.82, 2.24) is 20.4 Å². The Morgan fingerprint density at radius 1 is 0.829 bits per heavy atom. The van der Waals surface area contributed by atoms with Crippen LogP contribution in [0.1, 0.15) is 32.1 Å². The molecule has 2 amide bonds. The van der Waals surface area contributed by atoms with Crippen LogP contribution in [-0.2, 0) is 10.0 Å². The highest BCUT2D eigenvalue weighted by Crippen LogP contribution is 2.20. The molecule has 0 aliphatic heterocycles. The predicted molar refractivity (Wildman–Crippen MR) is 132 cm³/mol. The highest BCUT2D eigenvalue weighted by Gasteiger charge is 2.18. The van der Waals surface area contributed by atoms with Crippen LogP contribution in [0.25, 0.3) is 5.69 Å². The quantitative estimate of drug-likeness (QED) is 0.359. The summed E-state index contributed by atoms with van der Waals surface area (Å²) in [7, 11) is -3.83. The standard InChI is InChI=1S/C25H23N5O4S/c1-17-16-23(18(2)30(17)21-6-4-3-5-7-21)25(32)28-27-24(31)19-8-10-22(11-9-19)35(33,34)29-20-12-14-26-15-13-20/h3-16H,1-2H3,(H,26,29)(H,27,31)(H,28,32). The number of benzene rings is 2. The van der Waals surface area contributed by atoms with Gasteiger partial charge in [0, 0.05) is 35.0 Å². The molecule has 4 rings (SSSR count). The van der Waals surface area contributed by atoms with Gasteiger partial charge in [0.15, 0.2) is 0 Å². The fourth-order valence-corrected chi connectivity index (χ4v) is 4.70. The molecule has 0 spiro atoms. The van der Waals surface area contributed by atoms with E-state index in [2.05, 4.69) is 20.6 Å². The zero-order valence-electron chi connectivity index (χ0n) is 19.0. The summed E-state index contributed by atoms with van der Waals surface area (Å²) in [5.74, 6) is -1.05. The van der Waals surface area contributed by atoms with Crippen molar-refractivity contribution in [3.63, 3.8) is 0 Å². The number of amides is 2. The molecule has 0 aliphatic rings. The van der Waals surface area contributed by atoms with Gasteiger partial charge in [0.05, 0.1) is 16.1 Å². The third-order valence-electron chi connectivity index (χ3n) is 5.34. The molecule has 0 radical (unpaired) electrons. The van der Waals surface area contributed by atoms with E-state index in [-0.39, 0.29) is 10.5 Å². The number of sulfonamides is 1. The maximum atomic E-state index is 12.7. The van der Waals surface area contributed by atoms with E-state index < -0.39 is 21.8 Å². The summed E-state index contributed by atoms with van der Waals surface area (Å²) in [6, 6.07) is 19.8. The lowest BCUT2D eigenvalue weighted by Gasteiger charge is -2.11. The Morgan fingerprint density at radius 2 is 1.46 bits per heavy atom. The van der Waals surface area contributed by atoms with Gasteiger partial charge in [-0.1, -0.05) is 18.2 Å². The van der Waals surface area contributed by atoms with Crippen molar-refractivity contribution in [3.8, 4) is 5.69 Å². The Morgan fingerprint density at radius 3 is 2.11 bits per heavy atom. The van der Waals surface area contributed by atoms with Crippen LogP contribution in [0, 0.1) is 13.8 Å². The second-order valence-electron chi connectivity index (χ2n) is 7.73. The van der Waals surface area contributed by atoms with Crippen molar-refractivity contribution in [2.45, 2.75) is 18.7 Å². The van der Waals surface area contributed by atoms with Crippen molar-refractivity contribution in [3.05, 3.63) is 108 Å². The molecule has 2 heterocycles. The number of carbonyl (C=O) groups excluding carboxylic acids is 2. The van der Waals surface area contributed by atoms with Crippen molar-refractivity contribution >= 4 is 27.5 Å². The monoisotopic (exact) mass is 489 g/mol. The molecule has 0 saturated carbocycles. The molecule has 35 heavy (non-hydrogen) atoms. The lowest BCUT2D eigenvalue weighted by Crippen LogP contribution is -2.41. The summed E-state index contributed by atoms with van der Waals surface area (Å²) in [6.07, 6.45) is 2.94. The molecule has 0 bridgehead atoms.